The summed E-state index contributed by atoms with van der Waals surface area (Å²) in [5.41, 5.74) is 1.04. The van der Waals surface area contributed by atoms with Gasteiger partial charge in [0.1, 0.15) is 12.2 Å². The van der Waals surface area contributed by atoms with Gasteiger partial charge in [-0.3, -0.25) is 4.18 Å². The molecule has 22 heavy (non-hydrogen) atoms. The van der Waals surface area contributed by atoms with E-state index in [1.165, 1.54) is 0 Å². The lowest BCUT2D eigenvalue weighted by Gasteiger charge is -2.40. The number of hydrogen-bond acceptors (Lipinski definition) is 6. The van der Waals surface area contributed by atoms with E-state index in [4.69, 9.17) is 18.4 Å². The van der Waals surface area contributed by atoms with E-state index < -0.39 is 28.1 Å². The van der Waals surface area contributed by atoms with Crippen LogP contribution < -0.4 is 0 Å². The summed E-state index contributed by atoms with van der Waals surface area (Å²) in [5, 5.41) is 0. The summed E-state index contributed by atoms with van der Waals surface area (Å²) in [6, 6.07) is 9.72. The van der Waals surface area contributed by atoms with Gasteiger partial charge in [-0.2, -0.15) is 8.42 Å². The molecule has 7 heteroatoms. The monoisotopic (exact) mass is 330 g/mol. The van der Waals surface area contributed by atoms with Crippen molar-refractivity contribution in [2.75, 3.05) is 19.5 Å². The van der Waals surface area contributed by atoms with Crippen LogP contribution in [0.3, 0.4) is 0 Å². The lowest BCUT2D eigenvalue weighted by molar-refractivity contribution is -0.306. The highest BCUT2D eigenvalue weighted by Gasteiger charge is 2.39. The zero-order valence-corrected chi connectivity index (χ0v) is 13.8. The van der Waals surface area contributed by atoms with Crippen LogP contribution in [0.4, 0.5) is 0 Å². The molecule has 6 nitrogen and oxygen atoms in total. The molecule has 0 unspecified atom stereocenters. The van der Waals surface area contributed by atoms with Crippen LogP contribution in [0.1, 0.15) is 19.4 Å². The second kappa shape index (κ2) is 7.06. The summed E-state index contributed by atoms with van der Waals surface area (Å²) in [7, 11) is -3.59. The van der Waals surface area contributed by atoms with E-state index in [0.717, 1.165) is 11.8 Å². The average Bonchev–Trinajstić information content (AvgIpc) is 2.41. The summed E-state index contributed by atoms with van der Waals surface area (Å²) in [5.74, 6) is -0.794. The summed E-state index contributed by atoms with van der Waals surface area (Å²) >= 11 is 0. The standard InChI is InChI=1S/C15H22O6S/c1-15(2)19-11-14(21-22(3,16)17)13(20-15)10-18-9-12-7-5-4-6-8-12/h4-8,13-14H,9-11H2,1-3H3/t13-,14+/m0/s1. The molecule has 124 valence electrons. The maximum atomic E-state index is 11.3. The summed E-state index contributed by atoms with van der Waals surface area (Å²) in [6.45, 7) is 4.33. The van der Waals surface area contributed by atoms with Gasteiger partial charge in [-0.1, -0.05) is 30.3 Å². The van der Waals surface area contributed by atoms with E-state index in [0.29, 0.717) is 6.61 Å². The minimum atomic E-state index is -3.59. The van der Waals surface area contributed by atoms with Crippen LogP contribution in [0.2, 0.25) is 0 Å². The van der Waals surface area contributed by atoms with Crippen molar-refractivity contribution in [3.8, 4) is 0 Å². The Labute approximate surface area is 131 Å². The zero-order chi connectivity index (χ0) is 16.2. The zero-order valence-electron chi connectivity index (χ0n) is 13.0. The molecule has 1 aromatic carbocycles. The highest BCUT2D eigenvalue weighted by Crippen LogP contribution is 2.25. The van der Waals surface area contributed by atoms with Crippen molar-refractivity contribution in [2.45, 2.75) is 38.4 Å². The molecular weight excluding hydrogens is 308 g/mol. The van der Waals surface area contributed by atoms with Crippen molar-refractivity contribution in [1.82, 2.24) is 0 Å². The number of benzene rings is 1. The smallest absolute Gasteiger partial charge is 0.264 e. The maximum absolute atomic E-state index is 11.3. The van der Waals surface area contributed by atoms with Gasteiger partial charge in [0.05, 0.1) is 26.1 Å². The highest BCUT2D eigenvalue weighted by molar-refractivity contribution is 7.86. The molecule has 0 bridgehead atoms. The maximum Gasteiger partial charge on any atom is 0.264 e. The third-order valence-electron chi connectivity index (χ3n) is 3.14. The molecule has 1 aromatic rings. The van der Waals surface area contributed by atoms with E-state index >= 15 is 0 Å². The SMILES string of the molecule is CC1(C)OC[C@@H](OS(C)(=O)=O)[C@H](COCc2ccccc2)O1. The predicted octanol–water partition coefficient (Wildman–Crippen LogP) is 1.70. The quantitative estimate of drug-likeness (QED) is 0.739. The van der Waals surface area contributed by atoms with E-state index in [-0.39, 0.29) is 13.2 Å². The van der Waals surface area contributed by atoms with Crippen LogP contribution in [0, 0.1) is 0 Å². The lowest BCUT2D eigenvalue weighted by atomic mass is 10.2. The molecule has 0 spiro atoms. The summed E-state index contributed by atoms with van der Waals surface area (Å²) in [6.07, 6.45) is -0.213. The minimum absolute atomic E-state index is 0.138. The lowest BCUT2D eigenvalue weighted by Crippen LogP contribution is -2.52. The Balaban J connectivity index is 1.93. The van der Waals surface area contributed by atoms with Gasteiger partial charge in [0, 0.05) is 0 Å². The molecule has 2 atom stereocenters. The third kappa shape index (κ3) is 5.66. The van der Waals surface area contributed by atoms with Crippen molar-refractivity contribution in [1.29, 1.82) is 0 Å². The van der Waals surface area contributed by atoms with Crippen molar-refractivity contribution in [3.63, 3.8) is 0 Å². The molecule has 0 N–H and O–H groups in total. The molecule has 0 aliphatic carbocycles. The normalized spacial score (nSPS) is 25.0. The number of ether oxygens (including phenoxy) is 3. The van der Waals surface area contributed by atoms with Gasteiger partial charge < -0.3 is 14.2 Å². The first-order valence-electron chi connectivity index (χ1n) is 7.07. The van der Waals surface area contributed by atoms with Crippen LogP contribution in [-0.2, 0) is 35.1 Å². The van der Waals surface area contributed by atoms with Gasteiger partial charge in [0.25, 0.3) is 10.1 Å². The fourth-order valence-electron chi connectivity index (χ4n) is 2.19. The molecule has 1 fully saturated rings. The van der Waals surface area contributed by atoms with E-state index in [1.807, 2.05) is 30.3 Å². The van der Waals surface area contributed by atoms with Crippen molar-refractivity contribution in [2.24, 2.45) is 0 Å². The van der Waals surface area contributed by atoms with Crippen LogP contribution in [0.5, 0.6) is 0 Å². The largest absolute Gasteiger partial charge is 0.374 e. The predicted molar refractivity (Wildman–Crippen MR) is 80.7 cm³/mol. The van der Waals surface area contributed by atoms with E-state index in [1.54, 1.807) is 13.8 Å². The molecule has 0 radical (unpaired) electrons. The first-order valence-corrected chi connectivity index (χ1v) is 8.88. The Morgan fingerprint density at radius 2 is 1.95 bits per heavy atom. The van der Waals surface area contributed by atoms with Gasteiger partial charge in [-0.25, -0.2) is 0 Å². The third-order valence-corrected chi connectivity index (χ3v) is 3.73. The van der Waals surface area contributed by atoms with Crippen LogP contribution in [0.15, 0.2) is 30.3 Å². The molecular formula is C15H22O6S. The highest BCUT2D eigenvalue weighted by atomic mass is 32.2. The summed E-state index contributed by atoms with van der Waals surface area (Å²) < 4.78 is 44.5. The Morgan fingerprint density at radius 3 is 2.59 bits per heavy atom. The van der Waals surface area contributed by atoms with Crippen LogP contribution in [0.25, 0.3) is 0 Å². The Bertz CT molecular complexity index is 569. The Morgan fingerprint density at radius 1 is 1.27 bits per heavy atom. The first kappa shape index (κ1) is 17.4. The van der Waals surface area contributed by atoms with E-state index in [9.17, 15) is 8.42 Å². The minimum Gasteiger partial charge on any atom is -0.374 e. The van der Waals surface area contributed by atoms with Crippen LogP contribution in [-0.4, -0.2) is 45.9 Å². The second-order valence-corrected chi connectivity index (χ2v) is 7.31. The topological polar surface area (TPSA) is 71.1 Å². The number of hydrogen-bond donors (Lipinski definition) is 0. The molecule has 0 aromatic heterocycles. The molecule has 1 aliphatic heterocycles. The fraction of sp³-hybridized carbons (Fsp3) is 0.600. The molecule has 0 saturated carbocycles. The first-order chi connectivity index (χ1) is 10.3. The molecule has 1 aliphatic rings. The van der Waals surface area contributed by atoms with Crippen molar-refractivity contribution >= 4 is 10.1 Å². The summed E-state index contributed by atoms with van der Waals surface area (Å²) in [4.78, 5) is 0. The van der Waals surface area contributed by atoms with E-state index in [2.05, 4.69) is 0 Å². The van der Waals surface area contributed by atoms with Crippen molar-refractivity contribution in [3.05, 3.63) is 35.9 Å². The second-order valence-electron chi connectivity index (χ2n) is 5.71. The molecule has 1 heterocycles. The van der Waals surface area contributed by atoms with Gasteiger partial charge in [0.2, 0.25) is 0 Å². The average molecular weight is 330 g/mol. The fourth-order valence-corrected chi connectivity index (χ4v) is 2.82. The molecule has 2 rings (SSSR count). The van der Waals surface area contributed by atoms with Gasteiger partial charge >= 0.3 is 0 Å². The van der Waals surface area contributed by atoms with Gasteiger partial charge in [-0.15, -0.1) is 0 Å². The Kier molecular flexibility index (Phi) is 5.57. The Hall–Kier alpha value is -0.990. The molecule has 0 amide bonds. The van der Waals surface area contributed by atoms with Crippen LogP contribution >= 0.6 is 0 Å². The molecule has 1 saturated heterocycles. The van der Waals surface area contributed by atoms with Crippen molar-refractivity contribution < 1.29 is 26.8 Å². The number of rotatable bonds is 6. The van der Waals surface area contributed by atoms with Gasteiger partial charge in [-0.05, 0) is 19.4 Å². The van der Waals surface area contributed by atoms with Gasteiger partial charge in [0.15, 0.2) is 5.79 Å².